The van der Waals surface area contributed by atoms with Crippen LogP contribution in [0, 0.1) is 5.92 Å². The van der Waals surface area contributed by atoms with Crippen LogP contribution in [-0.2, 0) is 0 Å². The molecule has 0 saturated heterocycles. The van der Waals surface area contributed by atoms with Gasteiger partial charge < -0.3 is 21.7 Å². The molecule has 0 amide bonds. The Morgan fingerprint density at radius 3 is 2.58 bits per heavy atom. The summed E-state index contributed by atoms with van der Waals surface area (Å²) in [5, 5.41) is 21.0. The van der Waals surface area contributed by atoms with Crippen LogP contribution in [0.4, 0.5) is 5.69 Å². The van der Waals surface area contributed by atoms with Crippen LogP contribution in [0.2, 0.25) is 0 Å². The lowest BCUT2D eigenvalue weighted by Crippen LogP contribution is -2.28. The maximum Gasteiger partial charge on any atom is 0.121 e. The van der Waals surface area contributed by atoms with Gasteiger partial charge in [0.2, 0.25) is 0 Å². The van der Waals surface area contributed by atoms with Gasteiger partial charge in [0.1, 0.15) is 5.75 Å². The van der Waals surface area contributed by atoms with E-state index in [4.69, 9.17) is 11.5 Å². The highest BCUT2D eigenvalue weighted by Crippen LogP contribution is 2.44. The largest absolute Gasteiger partial charge is 0.508 e. The minimum atomic E-state index is -0.692. The van der Waals surface area contributed by atoms with Crippen LogP contribution in [0.3, 0.4) is 0 Å². The zero-order chi connectivity index (χ0) is 17.3. The number of nitrogen functional groups attached to an aromatic ring is 1. The Morgan fingerprint density at radius 1 is 1.17 bits per heavy atom. The first kappa shape index (κ1) is 17.1. The van der Waals surface area contributed by atoms with Gasteiger partial charge in [-0.2, -0.15) is 0 Å². The fourth-order valence-corrected chi connectivity index (χ4v) is 3.82. The van der Waals surface area contributed by atoms with Gasteiger partial charge in [-0.15, -0.1) is 0 Å². The predicted molar refractivity (Wildman–Crippen MR) is 106 cm³/mol. The average Bonchev–Trinajstić information content (AvgIpc) is 2.53. The number of rotatable bonds is 3. The highest BCUT2D eigenvalue weighted by atomic mass is 127. The third-order valence-electron chi connectivity index (χ3n) is 4.57. The van der Waals surface area contributed by atoms with Gasteiger partial charge >= 0.3 is 0 Å². The standard InChI is InChI=1S/C19H21IN2O2/c20-12-3-1-11(2-4-12)19(15-7-5-13(21)9-17(15)23)16-8-6-14(22)10-18(16)24/h1,3,5-10,15,17,19,23-24H,2,4,21-22H2. The quantitative estimate of drug-likeness (QED) is 0.431. The first-order chi connectivity index (χ1) is 11.5. The van der Waals surface area contributed by atoms with Crippen molar-refractivity contribution in [3.63, 3.8) is 0 Å². The van der Waals surface area contributed by atoms with Crippen LogP contribution in [0.5, 0.6) is 5.75 Å². The number of aliphatic hydroxyl groups excluding tert-OH is 1. The van der Waals surface area contributed by atoms with Gasteiger partial charge in [-0.3, -0.25) is 0 Å². The normalized spacial score (nSPS) is 24.8. The molecule has 0 aromatic heterocycles. The second kappa shape index (κ2) is 7.03. The number of halogens is 1. The molecule has 3 rings (SSSR count). The first-order valence-corrected chi connectivity index (χ1v) is 9.00. The molecule has 2 aliphatic rings. The molecule has 5 heteroatoms. The first-order valence-electron chi connectivity index (χ1n) is 7.93. The summed E-state index contributed by atoms with van der Waals surface area (Å²) in [4.78, 5) is 0. The summed E-state index contributed by atoms with van der Waals surface area (Å²) < 4.78 is 1.31. The Balaban J connectivity index is 2.06. The lowest BCUT2D eigenvalue weighted by atomic mass is 9.73. The molecular formula is C19H21IN2O2. The third-order valence-corrected chi connectivity index (χ3v) is 5.47. The third kappa shape index (κ3) is 3.52. The SMILES string of the molecule is NC1=CC(O)C(C(C2=CC=C(I)CC2)c2ccc(N)cc2O)C=C1. The van der Waals surface area contributed by atoms with E-state index in [-0.39, 0.29) is 17.6 Å². The molecule has 3 unspecified atom stereocenters. The number of hydrogen-bond acceptors (Lipinski definition) is 4. The lowest BCUT2D eigenvalue weighted by molar-refractivity contribution is 0.162. The maximum absolute atomic E-state index is 10.5. The fourth-order valence-electron chi connectivity index (χ4n) is 3.37. The van der Waals surface area contributed by atoms with Gasteiger partial charge in [-0.25, -0.2) is 0 Å². The number of aromatic hydroxyl groups is 1. The molecule has 0 radical (unpaired) electrons. The van der Waals surface area contributed by atoms with Gasteiger partial charge in [0.25, 0.3) is 0 Å². The molecule has 1 aromatic carbocycles. The summed E-state index contributed by atoms with van der Waals surface area (Å²) in [5.41, 5.74) is 14.6. The minimum absolute atomic E-state index is 0.123. The number of phenolic OH excluding ortho intramolecular Hbond substituents is 1. The molecule has 0 aliphatic heterocycles. The number of phenols is 1. The molecule has 0 saturated carbocycles. The van der Waals surface area contributed by atoms with Gasteiger partial charge in [-0.05, 0) is 57.2 Å². The van der Waals surface area contributed by atoms with Gasteiger partial charge in [0, 0.05) is 34.9 Å². The number of anilines is 1. The molecule has 24 heavy (non-hydrogen) atoms. The average molecular weight is 436 g/mol. The number of allylic oxidation sites excluding steroid dienone is 5. The van der Waals surface area contributed by atoms with Gasteiger partial charge in [0.05, 0.1) is 6.10 Å². The van der Waals surface area contributed by atoms with E-state index in [0.717, 1.165) is 18.4 Å². The summed E-state index contributed by atoms with van der Waals surface area (Å²) >= 11 is 2.34. The van der Waals surface area contributed by atoms with Crippen molar-refractivity contribution < 1.29 is 10.2 Å². The molecule has 0 spiro atoms. The zero-order valence-electron chi connectivity index (χ0n) is 13.2. The Morgan fingerprint density at radius 2 is 1.96 bits per heavy atom. The van der Waals surface area contributed by atoms with E-state index in [1.807, 2.05) is 18.2 Å². The molecule has 3 atom stereocenters. The summed E-state index contributed by atoms with van der Waals surface area (Å²) in [5.74, 6) is -0.141. The van der Waals surface area contributed by atoms with E-state index in [1.54, 1.807) is 18.2 Å². The van der Waals surface area contributed by atoms with Crippen LogP contribution in [-0.4, -0.2) is 16.3 Å². The molecule has 0 heterocycles. The van der Waals surface area contributed by atoms with Crippen LogP contribution in [0.15, 0.2) is 63.4 Å². The minimum Gasteiger partial charge on any atom is -0.508 e. The number of aliphatic hydroxyl groups is 1. The van der Waals surface area contributed by atoms with Crippen molar-refractivity contribution >= 4 is 28.3 Å². The van der Waals surface area contributed by atoms with Gasteiger partial charge in [0.15, 0.2) is 0 Å². The van der Waals surface area contributed by atoms with E-state index < -0.39 is 6.10 Å². The monoisotopic (exact) mass is 436 g/mol. The summed E-state index contributed by atoms with van der Waals surface area (Å²) in [7, 11) is 0. The van der Waals surface area contributed by atoms with Crippen molar-refractivity contribution in [2.24, 2.45) is 11.7 Å². The Kier molecular flexibility index (Phi) is 5.01. The second-order valence-corrected chi connectivity index (χ2v) is 7.63. The molecule has 0 bridgehead atoms. The second-order valence-electron chi connectivity index (χ2n) is 6.24. The Labute approximate surface area is 155 Å². The van der Waals surface area contributed by atoms with Crippen molar-refractivity contribution in [1.29, 1.82) is 0 Å². The number of hydrogen-bond donors (Lipinski definition) is 4. The van der Waals surface area contributed by atoms with Crippen LogP contribution < -0.4 is 11.5 Å². The Bertz CT molecular complexity index is 765. The smallest absolute Gasteiger partial charge is 0.121 e. The van der Waals surface area contributed by atoms with E-state index >= 15 is 0 Å². The van der Waals surface area contributed by atoms with E-state index in [0.29, 0.717) is 11.4 Å². The van der Waals surface area contributed by atoms with Crippen LogP contribution in [0.25, 0.3) is 0 Å². The molecule has 4 nitrogen and oxygen atoms in total. The number of benzene rings is 1. The summed E-state index contributed by atoms with van der Waals surface area (Å²) in [6.45, 7) is 0. The fraction of sp³-hybridized carbons (Fsp3) is 0.263. The molecule has 2 aliphatic carbocycles. The van der Waals surface area contributed by atoms with E-state index in [9.17, 15) is 10.2 Å². The number of nitrogens with two attached hydrogens (primary N) is 2. The highest BCUT2D eigenvalue weighted by molar-refractivity contribution is 14.1. The van der Waals surface area contributed by atoms with Crippen molar-refractivity contribution in [3.05, 3.63) is 69.0 Å². The topological polar surface area (TPSA) is 92.5 Å². The van der Waals surface area contributed by atoms with Crippen molar-refractivity contribution in [2.75, 3.05) is 5.73 Å². The molecule has 1 aromatic rings. The van der Waals surface area contributed by atoms with E-state index in [2.05, 4.69) is 34.7 Å². The maximum atomic E-state index is 10.5. The van der Waals surface area contributed by atoms with Crippen LogP contribution in [0.1, 0.15) is 24.3 Å². The zero-order valence-corrected chi connectivity index (χ0v) is 15.3. The molecule has 126 valence electrons. The van der Waals surface area contributed by atoms with E-state index in [1.165, 1.54) is 9.15 Å². The molecule has 0 fully saturated rings. The predicted octanol–water partition coefficient (Wildman–Crippen LogP) is 3.49. The van der Waals surface area contributed by atoms with Crippen molar-refractivity contribution in [1.82, 2.24) is 0 Å². The summed E-state index contributed by atoms with van der Waals surface area (Å²) in [6, 6.07) is 5.20. The lowest BCUT2D eigenvalue weighted by Gasteiger charge is -2.33. The Hall–Kier alpha value is -1.73. The molecule has 6 N–H and O–H groups in total. The van der Waals surface area contributed by atoms with Gasteiger partial charge in [-0.1, -0.05) is 29.9 Å². The highest BCUT2D eigenvalue weighted by Gasteiger charge is 2.33. The molecular weight excluding hydrogens is 415 g/mol. The van der Waals surface area contributed by atoms with Crippen LogP contribution >= 0.6 is 22.6 Å². The summed E-state index contributed by atoms with van der Waals surface area (Å²) in [6.07, 6.45) is 10.8. The van der Waals surface area contributed by atoms with Crippen molar-refractivity contribution in [2.45, 2.75) is 24.9 Å². The van der Waals surface area contributed by atoms with Crippen molar-refractivity contribution in [3.8, 4) is 5.75 Å².